The summed E-state index contributed by atoms with van der Waals surface area (Å²) in [6.45, 7) is 1.57. The summed E-state index contributed by atoms with van der Waals surface area (Å²) in [4.78, 5) is 31.3. The number of fused-ring (bicyclic) bond motifs is 1. The zero-order valence-electron chi connectivity index (χ0n) is 17.2. The maximum atomic E-state index is 12.7. The first-order chi connectivity index (χ1) is 14.5. The van der Waals surface area contributed by atoms with E-state index < -0.39 is 0 Å². The van der Waals surface area contributed by atoms with E-state index in [1.165, 1.54) is 10.6 Å². The van der Waals surface area contributed by atoms with E-state index >= 15 is 0 Å². The number of H-pyrrole nitrogens is 1. The maximum absolute atomic E-state index is 12.7. The lowest BCUT2D eigenvalue weighted by Crippen LogP contribution is -2.28. The van der Waals surface area contributed by atoms with Crippen molar-refractivity contribution in [2.24, 2.45) is 0 Å². The van der Waals surface area contributed by atoms with Crippen LogP contribution in [-0.4, -0.2) is 66.4 Å². The molecule has 0 spiro atoms. The molecule has 158 valence electrons. The molecule has 1 aliphatic rings. The van der Waals surface area contributed by atoms with Crippen molar-refractivity contribution >= 4 is 11.6 Å². The lowest BCUT2D eigenvalue weighted by Gasteiger charge is -2.15. The highest BCUT2D eigenvalue weighted by atomic mass is 16.5. The number of nitrogens with one attached hydrogen (secondary N) is 1. The molecule has 9 nitrogen and oxygen atoms in total. The third kappa shape index (κ3) is 3.63. The molecule has 3 heterocycles. The molecule has 1 aromatic carbocycles. The van der Waals surface area contributed by atoms with Gasteiger partial charge in [-0.25, -0.2) is 9.50 Å². The SMILES string of the molecule is COCCN1CC(c2cc(=O)n3[nH]c(-c4ccc(OC)c(OC)c4)cc3n2)CC1=O. The standard InChI is InChI=1S/C21H24N4O5/c1-28-7-6-24-12-14(9-20(24)26)15-11-21(27)25-19(22-15)10-16(23-25)13-4-5-17(29-2)18(8-13)30-3/h4-5,8,10-11,14,23H,6-7,9,12H2,1-3H3. The Bertz CT molecular complexity index is 1140. The molecule has 1 saturated heterocycles. The summed E-state index contributed by atoms with van der Waals surface area (Å²) in [5.41, 5.74) is 2.48. The van der Waals surface area contributed by atoms with Gasteiger partial charge < -0.3 is 19.1 Å². The van der Waals surface area contributed by atoms with Gasteiger partial charge in [0.25, 0.3) is 5.56 Å². The summed E-state index contributed by atoms with van der Waals surface area (Å²) in [6.07, 6.45) is 0.347. The molecule has 3 aromatic rings. The molecule has 0 saturated carbocycles. The Hall–Kier alpha value is -3.33. The molecule has 4 rings (SSSR count). The van der Waals surface area contributed by atoms with E-state index in [0.29, 0.717) is 49.0 Å². The van der Waals surface area contributed by atoms with Crippen molar-refractivity contribution in [1.82, 2.24) is 19.5 Å². The van der Waals surface area contributed by atoms with Gasteiger partial charge in [0.2, 0.25) is 5.91 Å². The van der Waals surface area contributed by atoms with E-state index in [-0.39, 0.29) is 17.4 Å². The predicted molar refractivity (Wildman–Crippen MR) is 110 cm³/mol. The van der Waals surface area contributed by atoms with Gasteiger partial charge in [0, 0.05) is 50.2 Å². The molecular weight excluding hydrogens is 388 g/mol. The maximum Gasteiger partial charge on any atom is 0.272 e. The van der Waals surface area contributed by atoms with Crippen LogP contribution in [0.4, 0.5) is 0 Å². The second-order valence-corrected chi connectivity index (χ2v) is 7.19. The minimum Gasteiger partial charge on any atom is -0.493 e. The van der Waals surface area contributed by atoms with Crippen molar-refractivity contribution in [1.29, 1.82) is 0 Å². The highest BCUT2D eigenvalue weighted by Crippen LogP contribution is 2.32. The van der Waals surface area contributed by atoms with Crippen LogP contribution in [0, 0.1) is 0 Å². The minimum atomic E-state index is -0.218. The smallest absolute Gasteiger partial charge is 0.272 e. The fourth-order valence-electron chi connectivity index (χ4n) is 3.76. The van der Waals surface area contributed by atoms with Gasteiger partial charge in [-0.3, -0.25) is 14.7 Å². The van der Waals surface area contributed by atoms with Gasteiger partial charge in [-0.15, -0.1) is 0 Å². The summed E-state index contributed by atoms with van der Waals surface area (Å²) in [7, 11) is 4.76. The Kier molecular flexibility index (Phi) is 5.45. The van der Waals surface area contributed by atoms with Crippen LogP contribution in [0.2, 0.25) is 0 Å². The molecule has 1 atom stereocenters. The fourth-order valence-corrected chi connectivity index (χ4v) is 3.76. The van der Waals surface area contributed by atoms with E-state index in [1.807, 2.05) is 18.2 Å². The van der Waals surface area contributed by atoms with Gasteiger partial charge in [-0.1, -0.05) is 0 Å². The monoisotopic (exact) mass is 412 g/mol. The molecule has 0 bridgehead atoms. The normalized spacial score (nSPS) is 16.4. The van der Waals surface area contributed by atoms with Crippen LogP contribution in [0.15, 0.2) is 35.1 Å². The third-order valence-corrected chi connectivity index (χ3v) is 5.36. The van der Waals surface area contributed by atoms with Crippen LogP contribution in [0.3, 0.4) is 0 Å². The number of ether oxygens (including phenoxy) is 3. The second-order valence-electron chi connectivity index (χ2n) is 7.19. The van der Waals surface area contributed by atoms with Crippen molar-refractivity contribution < 1.29 is 19.0 Å². The number of methoxy groups -OCH3 is 3. The molecule has 0 aliphatic carbocycles. The molecule has 9 heteroatoms. The van der Waals surface area contributed by atoms with E-state index in [9.17, 15) is 9.59 Å². The summed E-state index contributed by atoms with van der Waals surface area (Å²) in [6, 6.07) is 8.82. The van der Waals surface area contributed by atoms with Gasteiger partial charge in [-0.05, 0) is 18.2 Å². The van der Waals surface area contributed by atoms with Crippen molar-refractivity contribution in [3.8, 4) is 22.8 Å². The second kappa shape index (κ2) is 8.19. The Morgan fingerprint density at radius 1 is 1.10 bits per heavy atom. The van der Waals surface area contributed by atoms with E-state index in [0.717, 1.165) is 11.3 Å². The van der Waals surface area contributed by atoms with Crippen LogP contribution in [-0.2, 0) is 9.53 Å². The van der Waals surface area contributed by atoms with Gasteiger partial charge in [0.15, 0.2) is 17.1 Å². The van der Waals surface area contributed by atoms with Gasteiger partial charge in [0.1, 0.15) is 0 Å². The zero-order chi connectivity index (χ0) is 21.3. The number of carbonyl (C=O) groups is 1. The molecule has 1 amide bonds. The summed E-state index contributed by atoms with van der Waals surface area (Å²) in [5, 5.41) is 3.08. The highest BCUT2D eigenvalue weighted by Gasteiger charge is 2.31. The molecule has 2 aromatic heterocycles. The minimum absolute atomic E-state index is 0.0548. The van der Waals surface area contributed by atoms with Crippen molar-refractivity contribution in [3.63, 3.8) is 0 Å². The first kappa shape index (κ1) is 20.0. The van der Waals surface area contributed by atoms with Gasteiger partial charge in [-0.2, -0.15) is 0 Å². The Morgan fingerprint density at radius 3 is 2.63 bits per heavy atom. The Balaban J connectivity index is 1.66. The van der Waals surface area contributed by atoms with E-state index in [2.05, 4.69) is 10.1 Å². The topological polar surface area (TPSA) is 98.2 Å². The first-order valence-corrected chi connectivity index (χ1v) is 9.66. The molecule has 1 aliphatic heterocycles. The van der Waals surface area contributed by atoms with Crippen LogP contribution in [0.1, 0.15) is 18.0 Å². The van der Waals surface area contributed by atoms with Crippen molar-refractivity contribution in [2.45, 2.75) is 12.3 Å². The Labute approximate surface area is 173 Å². The quantitative estimate of drug-likeness (QED) is 0.634. The predicted octanol–water partition coefficient (Wildman–Crippen LogP) is 1.67. The number of amides is 1. The van der Waals surface area contributed by atoms with Gasteiger partial charge >= 0.3 is 0 Å². The molecule has 1 unspecified atom stereocenters. The number of rotatable bonds is 7. The fraction of sp³-hybridized carbons (Fsp3) is 0.381. The number of carbonyl (C=O) groups excluding carboxylic acids is 1. The average Bonchev–Trinajstić information content (AvgIpc) is 3.35. The number of aromatic nitrogens is 3. The highest BCUT2D eigenvalue weighted by molar-refractivity contribution is 5.79. The summed E-state index contributed by atoms with van der Waals surface area (Å²) < 4.78 is 17.1. The largest absolute Gasteiger partial charge is 0.493 e. The number of hydrogen-bond donors (Lipinski definition) is 1. The lowest BCUT2D eigenvalue weighted by molar-refractivity contribution is -0.128. The zero-order valence-corrected chi connectivity index (χ0v) is 17.2. The number of hydrogen-bond acceptors (Lipinski definition) is 6. The number of nitrogens with zero attached hydrogens (tertiary/aromatic N) is 3. The molecule has 0 radical (unpaired) electrons. The molecule has 1 fully saturated rings. The van der Waals surface area contributed by atoms with E-state index in [4.69, 9.17) is 14.2 Å². The lowest BCUT2D eigenvalue weighted by atomic mass is 10.0. The van der Waals surface area contributed by atoms with Gasteiger partial charge in [0.05, 0.1) is 32.2 Å². The number of likely N-dealkylation sites (tertiary alicyclic amines) is 1. The van der Waals surface area contributed by atoms with E-state index in [1.54, 1.807) is 32.3 Å². The molecular formula is C21H24N4O5. The van der Waals surface area contributed by atoms with Crippen LogP contribution in [0.5, 0.6) is 11.5 Å². The first-order valence-electron chi connectivity index (χ1n) is 9.66. The average molecular weight is 412 g/mol. The van der Waals surface area contributed by atoms with Crippen LogP contribution < -0.4 is 15.0 Å². The van der Waals surface area contributed by atoms with Crippen LogP contribution in [0.25, 0.3) is 16.9 Å². The molecule has 1 N–H and O–H groups in total. The number of benzene rings is 1. The van der Waals surface area contributed by atoms with Crippen LogP contribution >= 0.6 is 0 Å². The summed E-state index contributed by atoms with van der Waals surface area (Å²) >= 11 is 0. The molecule has 30 heavy (non-hydrogen) atoms. The summed E-state index contributed by atoms with van der Waals surface area (Å²) in [5.74, 6) is 1.17. The Morgan fingerprint density at radius 2 is 1.90 bits per heavy atom. The van der Waals surface area contributed by atoms with Crippen molar-refractivity contribution in [3.05, 3.63) is 46.4 Å². The van der Waals surface area contributed by atoms with Crippen molar-refractivity contribution in [2.75, 3.05) is 41.0 Å². The number of aromatic amines is 1. The third-order valence-electron chi connectivity index (χ3n) is 5.36.